The molecule has 0 spiro atoms. The van der Waals surface area contributed by atoms with Crippen molar-refractivity contribution < 1.29 is 0 Å². The molecule has 3 rings (SSSR count). The van der Waals surface area contributed by atoms with Crippen molar-refractivity contribution in [2.24, 2.45) is 0 Å². The van der Waals surface area contributed by atoms with Crippen LogP contribution in [0.5, 0.6) is 0 Å². The van der Waals surface area contributed by atoms with Gasteiger partial charge in [-0.15, -0.1) is 0 Å². The van der Waals surface area contributed by atoms with Gasteiger partial charge in [0.25, 0.3) is 0 Å². The van der Waals surface area contributed by atoms with E-state index in [2.05, 4.69) is 15.0 Å². The van der Waals surface area contributed by atoms with E-state index >= 15 is 0 Å². The van der Waals surface area contributed by atoms with E-state index in [4.69, 9.17) is 5.73 Å². The molecule has 2 heterocycles. The smallest absolute Gasteiger partial charge is 0.223 e. The van der Waals surface area contributed by atoms with Gasteiger partial charge in [0.15, 0.2) is 5.82 Å². The Kier molecular flexibility index (Phi) is 3.15. The summed E-state index contributed by atoms with van der Waals surface area (Å²) in [5.41, 5.74) is 6.78. The fourth-order valence-corrected chi connectivity index (χ4v) is 3.26. The molecule has 0 bridgehead atoms. The van der Waals surface area contributed by atoms with E-state index in [0.29, 0.717) is 17.0 Å². The molecule has 0 aliphatic carbocycles. The quantitative estimate of drug-likeness (QED) is 0.897. The number of nitrogens with zero attached hydrogens (tertiary/aromatic N) is 3. The van der Waals surface area contributed by atoms with Crippen LogP contribution in [0, 0.1) is 0 Å². The van der Waals surface area contributed by atoms with Crippen molar-refractivity contribution in [2.45, 2.75) is 18.1 Å². The van der Waals surface area contributed by atoms with Crippen LogP contribution in [-0.2, 0) is 0 Å². The molecular weight excluding hydrogens is 244 g/mol. The van der Waals surface area contributed by atoms with Crippen LogP contribution in [0.2, 0.25) is 0 Å². The second kappa shape index (κ2) is 4.94. The summed E-state index contributed by atoms with van der Waals surface area (Å²) in [4.78, 5) is 13.1. The minimum atomic E-state index is 0.311. The van der Waals surface area contributed by atoms with E-state index < -0.39 is 0 Å². The number of hydrogen-bond acceptors (Lipinski definition) is 5. The molecule has 2 N–H and O–H groups in total. The van der Waals surface area contributed by atoms with Gasteiger partial charge in [-0.25, -0.2) is 4.98 Å². The van der Waals surface area contributed by atoms with Gasteiger partial charge < -0.3 is 5.73 Å². The van der Waals surface area contributed by atoms with Gasteiger partial charge >= 0.3 is 0 Å². The largest absolute Gasteiger partial charge is 0.368 e. The summed E-state index contributed by atoms with van der Waals surface area (Å²) in [7, 11) is 0. The molecule has 92 valence electrons. The SMILES string of the molecule is Nc1nc(-c2ccccc2)nc(C2CCCS2)n1. The number of aromatic nitrogens is 3. The number of hydrogen-bond donors (Lipinski definition) is 1. The number of anilines is 1. The lowest BCUT2D eigenvalue weighted by Crippen LogP contribution is -2.06. The molecule has 1 unspecified atom stereocenters. The van der Waals surface area contributed by atoms with Gasteiger partial charge in [-0.3, -0.25) is 0 Å². The molecule has 1 saturated heterocycles. The summed E-state index contributed by atoms with van der Waals surface area (Å²) in [6.07, 6.45) is 2.35. The van der Waals surface area contributed by atoms with Crippen LogP contribution in [0.3, 0.4) is 0 Å². The summed E-state index contributed by atoms with van der Waals surface area (Å²) in [6.45, 7) is 0. The number of benzene rings is 1. The van der Waals surface area contributed by atoms with Gasteiger partial charge in [-0.2, -0.15) is 21.7 Å². The van der Waals surface area contributed by atoms with Crippen LogP contribution >= 0.6 is 11.8 Å². The van der Waals surface area contributed by atoms with Gasteiger partial charge in [0.1, 0.15) is 5.82 Å². The second-order valence-corrected chi connectivity index (χ2v) is 5.55. The molecule has 1 aliphatic rings. The molecule has 1 atom stereocenters. The minimum absolute atomic E-state index is 0.311. The summed E-state index contributed by atoms with van der Waals surface area (Å²) in [5, 5.41) is 0.373. The minimum Gasteiger partial charge on any atom is -0.368 e. The molecular formula is C13H14N4S. The van der Waals surface area contributed by atoms with Crippen LogP contribution in [0.25, 0.3) is 11.4 Å². The van der Waals surface area contributed by atoms with Crippen LogP contribution in [0.15, 0.2) is 30.3 Å². The van der Waals surface area contributed by atoms with Crippen molar-refractivity contribution in [3.8, 4) is 11.4 Å². The zero-order valence-electron chi connectivity index (χ0n) is 9.91. The highest BCUT2D eigenvalue weighted by atomic mass is 32.2. The maximum absolute atomic E-state index is 5.79. The van der Waals surface area contributed by atoms with Gasteiger partial charge in [0.2, 0.25) is 5.95 Å². The topological polar surface area (TPSA) is 64.7 Å². The molecule has 1 aliphatic heterocycles. The van der Waals surface area contributed by atoms with Crippen molar-refractivity contribution in [2.75, 3.05) is 11.5 Å². The number of thioether (sulfide) groups is 1. The maximum atomic E-state index is 5.79. The molecule has 18 heavy (non-hydrogen) atoms. The van der Waals surface area contributed by atoms with Crippen molar-refractivity contribution in [3.63, 3.8) is 0 Å². The second-order valence-electron chi connectivity index (χ2n) is 4.24. The Bertz CT molecular complexity index is 538. The standard InChI is InChI=1S/C13H14N4S/c14-13-16-11(9-5-2-1-3-6-9)15-12(17-13)10-7-4-8-18-10/h1-3,5-6,10H,4,7-8H2,(H2,14,15,16,17). The zero-order chi connectivity index (χ0) is 12.4. The van der Waals surface area contributed by atoms with E-state index in [1.54, 1.807) is 0 Å². The van der Waals surface area contributed by atoms with Crippen molar-refractivity contribution in [1.82, 2.24) is 15.0 Å². The third-order valence-electron chi connectivity index (χ3n) is 2.92. The van der Waals surface area contributed by atoms with Crippen LogP contribution in [-0.4, -0.2) is 20.7 Å². The average molecular weight is 258 g/mol. The summed E-state index contributed by atoms with van der Waals surface area (Å²) < 4.78 is 0. The molecule has 5 heteroatoms. The van der Waals surface area contributed by atoms with Crippen LogP contribution in [0.4, 0.5) is 5.95 Å². The van der Waals surface area contributed by atoms with Gasteiger partial charge in [0.05, 0.1) is 5.25 Å². The van der Waals surface area contributed by atoms with Crippen molar-refractivity contribution in [1.29, 1.82) is 0 Å². The maximum Gasteiger partial charge on any atom is 0.223 e. The third-order valence-corrected chi connectivity index (χ3v) is 4.29. The van der Waals surface area contributed by atoms with E-state index in [0.717, 1.165) is 17.8 Å². The Balaban J connectivity index is 2.00. The van der Waals surface area contributed by atoms with Gasteiger partial charge in [-0.05, 0) is 18.6 Å². The first-order valence-electron chi connectivity index (χ1n) is 6.01. The van der Waals surface area contributed by atoms with Crippen molar-refractivity contribution in [3.05, 3.63) is 36.2 Å². The zero-order valence-corrected chi connectivity index (χ0v) is 10.7. The molecule has 1 aromatic heterocycles. The third kappa shape index (κ3) is 2.31. The van der Waals surface area contributed by atoms with E-state index in [9.17, 15) is 0 Å². The Morgan fingerprint density at radius 1 is 1.11 bits per heavy atom. The van der Waals surface area contributed by atoms with E-state index in [1.165, 1.54) is 12.2 Å². The molecule has 4 nitrogen and oxygen atoms in total. The monoisotopic (exact) mass is 258 g/mol. The fourth-order valence-electron chi connectivity index (χ4n) is 2.05. The summed E-state index contributed by atoms with van der Waals surface area (Å²) in [6, 6.07) is 9.89. The molecule has 0 saturated carbocycles. The first kappa shape index (κ1) is 11.5. The molecule has 1 fully saturated rings. The predicted molar refractivity (Wildman–Crippen MR) is 74.1 cm³/mol. The molecule has 0 amide bonds. The summed E-state index contributed by atoms with van der Waals surface area (Å²) >= 11 is 1.90. The van der Waals surface area contributed by atoms with Gasteiger partial charge in [0, 0.05) is 5.56 Å². The number of rotatable bonds is 2. The average Bonchev–Trinajstić information content (AvgIpc) is 2.93. The number of nitrogens with two attached hydrogens (primary N) is 1. The summed E-state index contributed by atoms with van der Waals surface area (Å²) in [5.74, 6) is 2.98. The Labute approximate surface area is 110 Å². The highest BCUT2D eigenvalue weighted by molar-refractivity contribution is 7.99. The first-order chi connectivity index (χ1) is 8.83. The molecule has 2 aromatic rings. The first-order valence-corrected chi connectivity index (χ1v) is 7.06. The molecule has 0 radical (unpaired) electrons. The van der Waals surface area contributed by atoms with E-state index in [-0.39, 0.29) is 0 Å². The predicted octanol–water partition coefficient (Wildman–Crippen LogP) is 2.69. The van der Waals surface area contributed by atoms with E-state index in [1.807, 2.05) is 42.1 Å². The lowest BCUT2D eigenvalue weighted by atomic mass is 10.2. The lowest BCUT2D eigenvalue weighted by molar-refractivity contribution is 0.772. The normalized spacial score (nSPS) is 19.0. The fraction of sp³-hybridized carbons (Fsp3) is 0.308. The lowest BCUT2D eigenvalue weighted by Gasteiger charge is -2.09. The van der Waals surface area contributed by atoms with Crippen molar-refractivity contribution >= 4 is 17.7 Å². The van der Waals surface area contributed by atoms with Crippen LogP contribution < -0.4 is 5.73 Å². The Hall–Kier alpha value is -1.62. The Morgan fingerprint density at radius 3 is 2.67 bits per heavy atom. The van der Waals surface area contributed by atoms with Gasteiger partial charge in [-0.1, -0.05) is 30.3 Å². The Morgan fingerprint density at radius 2 is 1.94 bits per heavy atom. The highest BCUT2D eigenvalue weighted by Gasteiger charge is 2.21. The highest BCUT2D eigenvalue weighted by Crippen LogP contribution is 2.38. The molecule has 1 aromatic carbocycles. The van der Waals surface area contributed by atoms with Crippen LogP contribution in [0.1, 0.15) is 23.9 Å². The number of nitrogen functional groups attached to an aromatic ring is 1.